The molecule has 114 valence electrons. The monoisotopic (exact) mass is 326 g/mol. The van der Waals surface area contributed by atoms with Gasteiger partial charge in [0.2, 0.25) is 10.0 Å². The third kappa shape index (κ3) is 3.42. The fraction of sp³-hybridized carbons (Fsp3) is 0.500. The quantitative estimate of drug-likeness (QED) is 0.791. The molecule has 5 nitrogen and oxygen atoms in total. The molecule has 0 amide bonds. The Hall–Kier alpha value is -1.02. The number of benzene rings is 1. The summed E-state index contributed by atoms with van der Waals surface area (Å²) >= 11 is 4.87. The molecule has 1 aromatic rings. The summed E-state index contributed by atoms with van der Waals surface area (Å²) in [4.78, 5) is 0.307. The van der Waals surface area contributed by atoms with E-state index in [0.717, 1.165) is 24.8 Å². The van der Waals surface area contributed by atoms with Crippen molar-refractivity contribution in [3.63, 3.8) is 0 Å². The fourth-order valence-electron chi connectivity index (χ4n) is 3.02. The van der Waals surface area contributed by atoms with Crippen molar-refractivity contribution < 1.29 is 13.2 Å². The van der Waals surface area contributed by atoms with Gasteiger partial charge < -0.3 is 10.5 Å². The van der Waals surface area contributed by atoms with E-state index < -0.39 is 10.0 Å². The molecule has 3 atom stereocenters. The lowest BCUT2D eigenvalue weighted by atomic mass is 9.96. The molecule has 0 spiro atoms. The average molecular weight is 326 g/mol. The molecule has 3 rings (SSSR count). The molecular weight excluding hydrogens is 308 g/mol. The van der Waals surface area contributed by atoms with E-state index in [2.05, 4.69) is 4.72 Å². The minimum Gasteiger partial charge on any atom is -0.389 e. The zero-order valence-electron chi connectivity index (χ0n) is 11.5. The van der Waals surface area contributed by atoms with Crippen LogP contribution in [0.15, 0.2) is 24.3 Å². The van der Waals surface area contributed by atoms with Gasteiger partial charge in [-0.15, -0.1) is 0 Å². The van der Waals surface area contributed by atoms with Crippen LogP contribution in [0.25, 0.3) is 0 Å². The molecule has 3 unspecified atom stereocenters. The minimum absolute atomic E-state index is 0.0432. The lowest BCUT2D eigenvalue weighted by Gasteiger charge is -2.20. The lowest BCUT2D eigenvalue weighted by Crippen LogP contribution is -2.41. The largest absolute Gasteiger partial charge is 0.389 e. The van der Waals surface area contributed by atoms with Gasteiger partial charge in [0.15, 0.2) is 0 Å². The Morgan fingerprint density at radius 2 is 2.05 bits per heavy atom. The molecule has 21 heavy (non-hydrogen) atoms. The summed E-state index contributed by atoms with van der Waals surface area (Å²) in [5, 5.41) is 0. The van der Waals surface area contributed by atoms with Crippen LogP contribution in [-0.2, 0) is 20.5 Å². The average Bonchev–Trinajstić information content (AvgIpc) is 3.00. The Morgan fingerprint density at radius 1 is 1.33 bits per heavy atom. The number of nitrogens with two attached hydrogens (primary N) is 1. The highest BCUT2D eigenvalue weighted by molar-refractivity contribution is 7.88. The second kappa shape index (κ2) is 5.64. The summed E-state index contributed by atoms with van der Waals surface area (Å²) in [7, 11) is -3.37. The van der Waals surface area contributed by atoms with Crippen LogP contribution in [0.1, 0.15) is 30.4 Å². The maximum absolute atomic E-state index is 12.2. The zero-order valence-corrected chi connectivity index (χ0v) is 13.1. The second-order valence-electron chi connectivity index (χ2n) is 5.65. The predicted molar refractivity (Wildman–Crippen MR) is 84.4 cm³/mol. The summed E-state index contributed by atoms with van der Waals surface area (Å²) in [6.45, 7) is 0. The van der Waals surface area contributed by atoms with E-state index >= 15 is 0 Å². The first-order valence-corrected chi connectivity index (χ1v) is 9.03. The lowest BCUT2D eigenvalue weighted by molar-refractivity contribution is 0.0996. The predicted octanol–water partition coefficient (Wildman–Crippen LogP) is 1.06. The summed E-state index contributed by atoms with van der Waals surface area (Å²) < 4.78 is 32.9. The molecule has 2 bridgehead atoms. The Morgan fingerprint density at radius 3 is 2.57 bits per heavy atom. The molecule has 7 heteroatoms. The first-order chi connectivity index (χ1) is 9.93. The summed E-state index contributed by atoms with van der Waals surface area (Å²) in [6, 6.07) is 6.89. The van der Waals surface area contributed by atoms with E-state index in [4.69, 9.17) is 22.7 Å². The van der Waals surface area contributed by atoms with Crippen LogP contribution in [0.4, 0.5) is 0 Å². The van der Waals surface area contributed by atoms with Crippen LogP contribution < -0.4 is 10.5 Å². The molecule has 2 aliphatic rings. The van der Waals surface area contributed by atoms with Crippen molar-refractivity contribution in [3.05, 3.63) is 35.4 Å². The molecule has 2 heterocycles. The van der Waals surface area contributed by atoms with Crippen LogP contribution in [0.5, 0.6) is 0 Å². The molecule has 0 radical (unpaired) electrons. The fourth-order valence-corrected chi connectivity index (χ4v) is 4.58. The van der Waals surface area contributed by atoms with E-state index in [-0.39, 0.29) is 24.0 Å². The first-order valence-electron chi connectivity index (χ1n) is 6.97. The molecule has 2 aliphatic heterocycles. The maximum atomic E-state index is 12.2. The van der Waals surface area contributed by atoms with Gasteiger partial charge in [0.05, 0.1) is 24.0 Å². The van der Waals surface area contributed by atoms with Gasteiger partial charge in [-0.2, -0.15) is 0 Å². The molecule has 3 N–H and O–H groups in total. The van der Waals surface area contributed by atoms with Gasteiger partial charge in [0, 0.05) is 5.56 Å². The number of sulfonamides is 1. The van der Waals surface area contributed by atoms with Gasteiger partial charge in [0.1, 0.15) is 4.99 Å². The molecule has 2 fully saturated rings. The second-order valence-corrected chi connectivity index (χ2v) is 7.85. The molecule has 0 aliphatic carbocycles. The van der Waals surface area contributed by atoms with Crippen molar-refractivity contribution in [2.24, 2.45) is 5.73 Å². The van der Waals surface area contributed by atoms with E-state index in [1.54, 1.807) is 24.3 Å². The van der Waals surface area contributed by atoms with Crippen LogP contribution in [0.3, 0.4) is 0 Å². The number of hydrogen-bond donors (Lipinski definition) is 2. The van der Waals surface area contributed by atoms with Gasteiger partial charge >= 0.3 is 0 Å². The summed E-state index contributed by atoms with van der Waals surface area (Å²) in [5.41, 5.74) is 6.97. The number of nitrogens with one attached hydrogen (secondary N) is 1. The minimum atomic E-state index is -3.37. The highest BCUT2D eigenvalue weighted by Gasteiger charge is 2.42. The number of fused-ring (bicyclic) bond motifs is 2. The third-order valence-corrected chi connectivity index (χ3v) is 5.64. The van der Waals surface area contributed by atoms with Crippen molar-refractivity contribution in [1.29, 1.82) is 0 Å². The van der Waals surface area contributed by atoms with Gasteiger partial charge in [-0.25, -0.2) is 13.1 Å². The van der Waals surface area contributed by atoms with Crippen LogP contribution in [0.2, 0.25) is 0 Å². The maximum Gasteiger partial charge on any atom is 0.216 e. The van der Waals surface area contributed by atoms with Gasteiger partial charge in [-0.1, -0.05) is 36.5 Å². The Kier molecular flexibility index (Phi) is 4.00. The van der Waals surface area contributed by atoms with Crippen molar-refractivity contribution in [1.82, 2.24) is 4.72 Å². The van der Waals surface area contributed by atoms with E-state index in [1.165, 1.54) is 0 Å². The highest BCUT2D eigenvalue weighted by Crippen LogP contribution is 2.34. The van der Waals surface area contributed by atoms with Crippen molar-refractivity contribution in [2.45, 2.75) is 43.3 Å². The first kappa shape index (κ1) is 14.9. The molecule has 2 saturated heterocycles. The van der Waals surface area contributed by atoms with Crippen LogP contribution in [0, 0.1) is 0 Å². The molecular formula is C14H18N2O3S2. The number of hydrogen-bond acceptors (Lipinski definition) is 4. The zero-order chi connectivity index (χ0) is 15.0. The number of rotatable bonds is 5. The topological polar surface area (TPSA) is 81.4 Å². The Labute approximate surface area is 129 Å². The van der Waals surface area contributed by atoms with Gasteiger partial charge in [-0.3, -0.25) is 0 Å². The Balaban J connectivity index is 1.64. The highest BCUT2D eigenvalue weighted by atomic mass is 32.2. The van der Waals surface area contributed by atoms with Crippen molar-refractivity contribution in [2.75, 3.05) is 0 Å². The van der Waals surface area contributed by atoms with Crippen LogP contribution >= 0.6 is 12.2 Å². The smallest absolute Gasteiger partial charge is 0.216 e. The van der Waals surface area contributed by atoms with Crippen LogP contribution in [-0.4, -0.2) is 31.7 Å². The Bertz CT molecular complexity index is 643. The molecule has 1 aromatic carbocycles. The van der Waals surface area contributed by atoms with E-state index in [9.17, 15) is 8.42 Å². The van der Waals surface area contributed by atoms with Gasteiger partial charge in [-0.05, 0) is 24.8 Å². The summed E-state index contributed by atoms with van der Waals surface area (Å²) in [5.74, 6) is -0.0432. The number of thiocarbonyl (C=S) groups is 1. The van der Waals surface area contributed by atoms with Crippen molar-refractivity contribution in [3.8, 4) is 0 Å². The summed E-state index contributed by atoms with van der Waals surface area (Å²) in [6.07, 6.45) is 3.04. The molecule has 0 saturated carbocycles. The SMILES string of the molecule is NC(=S)c1ccc(CS(=O)(=O)NC2CC3CCC2O3)cc1. The van der Waals surface area contributed by atoms with Crippen molar-refractivity contribution >= 4 is 27.2 Å². The standard InChI is InChI=1S/C14H18N2O3S2/c15-14(20)10-3-1-9(2-4-10)8-21(17,18)16-12-7-11-5-6-13(12)19-11/h1-4,11-13,16H,5-8H2,(H2,15,20). The van der Waals surface area contributed by atoms with E-state index in [1.807, 2.05) is 0 Å². The van der Waals surface area contributed by atoms with E-state index in [0.29, 0.717) is 10.6 Å². The van der Waals surface area contributed by atoms with Gasteiger partial charge in [0.25, 0.3) is 0 Å². The normalized spacial score (nSPS) is 27.9. The molecule has 0 aromatic heterocycles. The third-order valence-electron chi connectivity index (χ3n) is 4.03. The number of ether oxygens (including phenoxy) is 1.